The van der Waals surface area contributed by atoms with Crippen LogP contribution in [0.4, 0.5) is 0 Å². The van der Waals surface area contributed by atoms with Gasteiger partial charge in [-0.05, 0) is 12.0 Å². The molecule has 0 aliphatic carbocycles. The lowest BCUT2D eigenvalue weighted by Gasteiger charge is -2.45. The maximum atomic E-state index is 11.7. The van der Waals surface area contributed by atoms with Crippen molar-refractivity contribution in [2.75, 3.05) is 0 Å². The maximum Gasteiger partial charge on any atom is 0.122 e. The maximum absolute atomic E-state index is 11.7. The zero-order chi connectivity index (χ0) is 16.2. The molecule has 0 bridgehead atoms. The first-order valence-electron chi connectivity index (χ1n) is 7.93. The largest absolute Gasteiger partial charge is 0.388 e. The number of benzene rings is 2. The van der Waals surface area contributed by atoms with Crippen LogP contribution in [0.15, 0.2) is 73.3 Å². The minimum atomic E-state index is -2.16. The van der Waals surface area contributed by atoms with Crippen LogP contribution in [0.25, 0.3) is 0 Å². The van der Waals surface area contributed by atoms with Crippen molar-refractivity contribution < 1.29 is 5.11 Å². The van der Waals surface area contributed by atoms with Crippen molar-refractivity contribution in [3.8, 4) is 0 Å². The Bertz CT molecular complexity index is 606. The molecule has 22 heavy (non-hydrogen) atoms. The Morgan fingerprint density at radius 1 is 1.05 bits per heavy atom. The first-order chi connectivity index (χ1) is 10.5. The van der Waals surface area contributed by atoms with E-state index >= 15 is 0 Å². The highest BCUT2D eigenvalue weighted by Gasteiger charge is 2.49. The number of hydrogen-bond donors (Lipinski definition) is 1. The standard InChI is InChI=1S/C20H26OSi/c1-5-19(17-13-9-7-10-14-17)20(21,6-2)22(3,4)18-15-11-8-12-16-18/h6-16,19,21H,2,5H2,1,3-4H3. The number of hydrogen-bond acceptors (Lipinski definition) is 1. The third-order valence-electron chi connectivity index (χ3n) is 4.95. The van der Waals surface area contributed by atoms with E-state index in [1.54, 1.807) is 6.08 Å². The zero-order valence-corrected chi connectivity index (χ0v) is 14.8. The van der Waals surface area contributed by atoms with Crippen LogP contribution in [0.1, 0.15) is 24.8 Å². The van der Waals surface area contributed by atoms with Crippen molar-refractivity contribution in [1.82, 2.24) is 0 Å². The molecule has 0 saturated heterocycles. The van der Waals surface area contributed by atoms with Gasteiger partial charge in [0, 0.05) is 5.92 Å². The molecular formula is C20H26OSi. The molecule has 0 radical (unpaired) electrons. The van der Waals surface area contributed by atoms with Crippen LogP contribution in [-0.2, 0) is 0 Å². The molecule has 116 valence electrons. The molecule has 0 fully saturated rings. The molecule has 0 aromatic heterocycles. The number of rotatable bonds is 6. The summed E-state index contributed by atoms with van der Waals surface area (Å²) in [6.45, 7) is 10.6. The molecule has 2 aromatic rings. The second-order valence-corrected chi connectivity index (χ2v) is 11.0. The predicted octanol–water partition coefficient (Wildman–Crippen LogP) is 4.25. The summed E-state index contributed by atoms with van der Waals surface area (Å²) in [6, 6.07) is 20.7. The topological polar surface area (TPSA) is 20.2 Å². The SMILES string of the molecule is C=CC(O)(C(CC)c1ccccc1)[Si](C)(C)c1ccccc1. The van der Waals surface area contributed by atoms with Crippen molar-refractivity contribution in [3.63, 3.8) is 0 Å². The van der Waals surface area contributed by atoms with Crippen LogP contribution in [0.2, 0.25) is 13.1 Å². The molecule has 1 N–H and O–H groups in total. The van der Waals surface area contributed by atoms with Gasteiger partial charge in [-0.1, -0.05) is 91.9 Å². The Balaban J connectivity index is 2.53. The molecular weight excluding hydrogens is 284 g/mol. The van der Waals surface area contributed by atoms with Crippen molar-refractivity contribution in [3.05, 3.63) is 78.9 Å². The molecule has 0 heterocycles. The van der Waals surface area contributed by atoms with Gasteiger partial charge in [0.25, 0.3) is 0 Å². The lowest BCUT2D eigenvalue weighted by Crippen LogP contribution is -2.63. The molecule has 0 aliphatic heterocycles. The molecule has 0 amide bonds. The second-order valence-electron chi connectivity index (χ2n) is 6.39. The molecule has 0 aliphatic rings. The van der Waals surface area contributed by atoms with Gasteiger partial charge in [-0.15, -0.1) is 6.58 Å². The predicted molar refractivity (Wildman–Crippen MR) is 98.2 cm³/mol. The van der Waals surface area contributed by atoms with Crippen LogP contribution < -0.4 is 5.19 Å². The van der Waals surface area contributed by atoms with Gasteiger partial charge in [-0.25, -0.2) is 0 Å². The first-order valence-corrected chi connectivity index (χ1v) is 10.9. The third-order valence-corrected chi connectivity index (χ3v) is 9.28. The summed E-state index contributed by atoms with van der Waals surface area (Å²) < 4.78 is 0. The van der Waals surface area contributed by atoms with Crippen LogP contribution in [-0.4, -0.2) is 18.4 Å². The minimum Gasteiger partial charge on any atom is -0.388 e. The van der Waals surface area contributed by atoms with E-state index in [9.17, 15) is 5.11 Å². The molecule has 2 atom stereocenters. The van der Waals surface area contributed by atoms with E-state index in [2.05, 4.69) is 63.0 Å². The summed E-state index contributed by atoms with van der Waals surface area (Å²) in [6.07, 6.45) is 2.67. The van der Waals surface area contributed by atoms with Gasteiger partial charge in [0.2, 0.25) is 0 Å². The Labute approximate surface area is 135 Å². The first kappa shape index (κ1) is 16.7. The average Bonchev–Trinajstić information content (AvgIpc) is 2.57. The van der Waals surface area contributed by atoms with E-state index in [-0.39, 0.29) is 5.92 Å². The van der Waals surface area contributed by atoms with E-state index < -0.39 is 13.3 Å². The Morgan fingerprint density at radius 2 is 1.55 bits per heavy atom. The van der Waals surface area contributed by atoms with Gasteiger partial charge in [0.1, 0.15) is 8.07 Å². The fraction of sp³-hybridized carbons (Fsp3) is 0.300. The fourth-order valence-electron chi connectivity index (χ4n) is 3.41. The van der Waals surface area contributed by atoms with E-state index in [0.29, 0.717) is 0 Å². The lowest BCUT2D eigenvalue weighted by molar-refractivity contribution is 0.132. The van der Waals surface area contributed by atoms with Crippen LogP contribution >= 0.6 is 0 Å². The van der Waals surface area contributed by atoms with Gasteiger partial charge in [0.15, 0.2) is 0 Å². The minimum absolute atomic E-state index is 0.0630. The average molecular weight is 311 g/mol. The normalized spacial score (nSPS) is 15.8. The second kappa shape index (κ2) is 6.63. The van der Waals surface area contributed by atoms with Crippen molar-refractivity contribution in [2.45, 2.75) is 37.6 Å². The van der Waals surface area contributed by atoms with Gasteiger partial charge >= 0.3 is 0 Å². The quantitative estimate of drug-likeness (QED) is 0.624. The third kappa shape index (κ3) is 2.81. The molecule has 0 spiro atoms. The molecule has 2 heteroatoms. The highest BCUT2D eigenvalue weighted by molar-refractivity contribution is 6.92. The zero-order valence-electron chi connectivity index (χ0n) is 13.8. The summed E-state index contributed by atoms with van der Waals surface area (Å²) >= 11 is 0. The Hall–Kier alpha value is -1.64. The van der Waals surface area contributed by atoms with Gasteiger partial charge in [0.05, 0.1) is 5.22 Å². The monoisotopic (exact) mass is 310 g/mol. The van der Waals surface area contributed by atoms with Crippen molar-refractivity contribution in [1.29, 1.82) is 0 Å². The molecule has 2 aromatic carbocycles. The summed E-state index contributed by atoms with van der Waals surface area (Å²) in [5.41, 5.74) is 1.18. The highest BCUT2D eigenvalue weighted by atomic mass is 28.3. The lowest BCUT2D eigenvalue weighted by atomic mass is 9.90. The Morgan fingerprint density at radius 3 is 2.00 bits per heavy atom. The van der Waals surface area contributed by atoms with Crippen LogP contribution in [0.5, 0.6) is 0 Å². The van der Waals surface area contributed by atoms with Crippen LogP contribution in [0.3, 0.4) is 0 Å². The molecule has 1 nitrogen and oxygen atoms in total. The number of aliphatic hydroxyl groups is 1. The fourth-order valence-corrected chi connectivity index (χ4v) is 6.65. The van der Waals surface area contributed by atoms with Crippen molar-refractivity contribution in [2.24, 2.45) is 0 Å². The van der Waals surface area contributed by atoms with Gasteiger partial charge < -0.3 is 5.11 Å². The molecule has 0 saturated carbocycles. The summed E-state index contributed by atoms with van der Waals surface area (Å²) in [4.78, 5) is 0. The van der Waals surface area contributed by atoms with E-state index in [4.69, 9.17) is 0 Å². The Kier molecular flexibility index (Phi) is 5.04. The van der Waals surface area contributed by atoms with E-state index in [1.165, 1.54) is 10.8 Å². The summed E-state index contributed by atoms with van der Waals surface area (Å²) in [5, 5.41) is 12.0. The van der Waals surface area contributed by atoms with E-state index in [0.717, 1.165) is 6.42 Å². The van der Waals surface area contributed by atoms with Crippen molar-refractivity contribution >= 4 is 13.3 Å². The smallest absolute Gasteiger partial charge is 0.122 e. The highest BCUT2D eigenvalue weighted by Crippen LogP contribution is 2.39. The van der Waals surface area contributed by atoms with E-state index in [1.807, 2.05) is 24.3 Å². The molecule has 2 unspecified atom stereocenters. The summed E-state index contributed by atoms with van der Waals surface area (Å²) in [5.74, 6) is 0.0630. The van der Waals surface area contributed by atoms with Gasteiger partial charge in [-0.2, -0.15) is 0 Å². The van der Waals surface area contributed by atoms with Crippen LogP contribution in [0, 0.1) is 0 Å². The summed E-state index contributed by atoms with van der Waals surface area (Å²) in [7, 11) is -2.16. The molecule has 2 rings (SSSR count). The van der Waals surface area contributed by atoms with Gasteiger partial charge in [-0.3, -0.25) is 0 Å².